The van der Waals surface area contributed by atoms with E-state index in [-0.39, 0.29) is 17.5 Å². The van der Waals surface area contributed by atoms with E-state index in [0.29, 0.717) is 5.75 Å². The minimum atomic E-state index is -3.78. The van der Waals surface area contributed by atoms with E-state index >= 15 is 0 Å². The summed E-state index contributed by atoms with van der Waals surface area (Å²) in [5, 5.41) is 0. The average molecular weight is 480 g/mol. The number of nitrogens with zero attached hydrogens (tertiary/aromatic N) is 2. The van der Waals surface area contributed by atoms with Crippen molar-refractivity contribution in [1.82, 2.24) is 4.72 Å². The van der Waals surface area contributed by atoms with Gasteiger partial charge in [0.05, 0.1) is 13.2 Å². The molecular weight excluding hydrogens is 446 g/mol. The van der Waals surface area contributed by atoms with Gasteiger partial charge in [-0.2, -0.15) is 0 Å². The standard InChI is InChI=1S/C27H33N3O3S/c1-19-16-26(33-5)27(17-20(19)2)34(31,32)28-18-25(22-10-12-23(13-11-22)29(3)4)30-15-14-21-8-6-7-9-24(21)30/h6-13,16-17,25,28H,14-15,18H2,1-5H3/t25-/m0/s1. The van der Waals surface area contributed by atoms with E-state index < -0.39 is 10.0 Å². The molecule has 0 unspecified atom stereocenters. The molecule has 1 aliphatic heterocycles. The minimum absolute atomic E-state index is 0.146. The normalized spacial score (nSPS) is 14.1. The molecule has 1 atom stereocenters. The Morgan fingerprint density at radius 2 is 1.71 bits per heavy atom. The Morgan fingerprint density at radius 3 is 2.38 bits per heavy atom. The van der Waals surface area contributed by atoms with Gasteiger partial charge in [-0.15, -0.1) is 0 Å². The number of anilines is 2. The molecule has 0 amide bonds. The molecule has 1 N–H and O–H groups in total. The predicted molar refractivity (Wildman–Crippen MR) is 139 cm³/mol. The Hall–Kier alpha value is -3.03. The first-order valence-corrected chi connectivity index (χ1v) is 13.0. The van der Waals surface area contributed by atoms with Gasteiger partial charge < -0.3 is 14.5 Å². The quantitative estimate of drug-likeness (QED) is 0.517. The third kappa shape index (κ3) is 4.76. The lowest BCUT2D eigenvalue weighted by Gasteiger charge is -2.31. The van der Waals surface area contributed by atoms with Gasteiger partial charge in [0.15, 0.2) is 0 Å². The zero-order valence-corrected chi connectivity index (χ0v) is 21.3. The largest absolute Gasteiger partial charge is 0.495 e. The molecule has 0 aromatic heterocycles. The summed E-state index contributed by atoms with van der Waals surface area (Å²) >= 11 is 0. The summed E-state index contributed by atoms with van der Waals surface area (Å²) in [7, 11) is 1.73. The van der Waals surface area contributed by atoms with E-state index in [1.165, 1.54) is 12.7 Å². The third-order valence-electron chi connectivity index (χ3n) is 6.63. The summed E-state index contributed by atoms with van der Waals surface area (Å²) in [5.41, 5.74) is 6.51. The van der Waals surface area contributed by atoms with Crippen LogP contribution in [0, 0.1) is 13.8 Å². The zero-order valence-electron chi connectivity index (χ0n) is 20.5. The van der Waals surface area contributed by atoms with Crippen LogP contribution in [0.1, 0.15) is 28.3 Å². The van der Waals surface area contributed by atoms with Gasteiger partial charge in [0.2, 0.25) is 10.0 Å². The highest BCUT2D eigenvalue weighted by Gasteiger charge is 2.29. The Bertz CT molecular complexity index is 1270. The van der Waals surface area contributed by atoms with Gasteiger partial charge in [0, 0.05) is 38.6 Å². The first-order valence-electron chi connectivity index (χ1n) is 11.5. The number of ether oxygens (including phenoxy) is 1. The van der Waals surface area contributed by atoms with Crippen molar-refractivity contribution in [1.29, 1.82) is 0 Å². The molecule has 6 nitrogen and oxygen atoms in total. The van der Waals surface area contributed by atoms with E-state index in [1.807, 2.05) is 34.0 Å². The number of fused-ring (bicyclic) bond motifs is 1. The maximum Gasteiger partial charge on any atom is 0.244 e. The number of nitrogens with one attached hydrogen (secondary N) is 1. The molecule has 7 heteroatoms. The van der Waals surface area contributed by atoms with Crippen molar-refractivity contribution in [3.63, 3.8) is 0 Å². The lowest BCUT2D eigenvalue weighted by molar-refractivity contribution is 0.401. The molecule has 1 aliphatic rings. The number of aryl methyl sites for hydroxylation is 2. The molecule has 0 fully saturated rings. The highest BCUT2D eigenvalue weighted by molar-refractivity contribution is 7.89. The van der Waals surface area contributed by atoms with Crippen LogP contribution in [0.15, 0.2) is 65.6 Å². The van der Waals surface area contributed by atoms with Crippen LogP contribution in [0.3, 0.4) is 0 Å². The molecule has 0 bridgehead atoms. The summed E-state index contributed by atoms with van der Waals surface area (Å²) in [4.78, 5) is 4.53. The van der Waals surface area contributed by atoms with Crippen LogP contribution in [-0.4, -0.2) is 42.7 Å². The second-order valence-corrected chi connectivity index (χ2v) is 10.7. The topological polar surface area (TPSA) is 61.9 Å². The lowest BCUT2D eigenvalue weighted by atomic mass is 10.0. The first kappa shape index (κ1) is 24.1. The second-order valence-electron chi connectivity index (χ2n) is 9.01. The van der Waals surface area contributed by atoms with Crippen LogP contribution in [0.4, 0.5) is 11.4 Å². The Morgan fingerprint density at radius 1 is 1.03 bits per heavy atom. The Balaban J connectivity index is 1.67. The smallest absolute Gasteiger partial charge is 0.244 e. The molecule has 3 aromatic carbocycles. The van der Waals surface area contributed by atoms with Crippen molar-refractivity contribution >= 4 is 21.4 Å². The summed E-state index contributed by atoms with van der Waals surface area (Å²) in [6, 6.07) is 20.0. The lowest BCUT2D eigenvalue weighted by Crippen LogP contribution is -2.37. The number of para-hydroxylation sites is 1. The van der Waals surface area contributed by atoms with E-state index in [4.69, 9.17) is 4.74 Å². The van der Waals surface area contributed by atoms with Crippen molar-refractivity contribution in [2.24, 2.45) is 0 Å². The van der Waals surface area contributed by atoms with Crippen molar-refractivity contribution in [2.75, 3.05) is 44.1 Å². The summed E-state index contributed by atoms with van der Waals surface area (Å²) < 4.78 is 35.1. The highest BCUT2D eigenvalue weighted by atomic mass is 32.2. The molecule has 4 rings (SSSR count). The number of rotatable bonds is 8. The van der Waals surface area contributed by atoms with Gasteiger partial charge >= 0.3 is 0 Å². The van der Waals surface area contributed by atoms with Gasteiger partial charge in [0.1, 0.15) is 10.6 Å². The van der Waals surface area contributed by atoms with Crippen LogP contribution in [0.25, 0.3) is 0 Å². The van der Waals surface area contributed by atoms with Gasteiger partial charge in [-0.1, -0.05) is 30.3 Å². The number of methoxy groups -OCH3 is 1. The average Bonchev–Trinajstić information content (AvgIpc) is 3.25. The molecule has 0 saturated carbocycles. The van der Waals surface area contributed by atoms with Crippen LogP contribution < -0.4 is 19.3 Å². The fraction of sp³-hybridized carbons (Fsp3) is 0.333. The number of hydrogen-bond acceptors (Lipinski definition) is 5. The summed E-state index contributed by atoms with van der Waals surface area (Å²) in [5.74, 6) is 0.356. The van der Waals surface area contributed by atoms with E-state index in [0.717, 1.165) is 41.0 Å². The molecule has 3 aromatic rings. The van der Waals surface area contributed by atoms with E-state index in [2.05, 4.69) is 57.0 Å². The SMILES string of the molecule is COc1cc(C)c(C)cc1S(=O)(=O)NC[C@@H](c1ccc(N(C)C)cc1)N1CCc2ccccc21. The third-order valence-corrected chi connectivity index (χ3v) is 8.07. The van der Waals surface area contributed by atoms with Crippen molar-refractivity contribution < 1.29 is 13.2 Å². The fourth-order valence-electron chi connectivity index (χ4n) is 4.49. The van der Waals surface area contributed by atoms with Crippen LogP contribution >= 0.6 is 0 Å². The maximum absolute atomic E-state index is 13.4. The van der Waals surface area contributed by atoms with Crippen LogP contribution in [0.2, 0.25) is 0 Å². The molecule has 0 radical (unpaired) electrons. The van der Waals surface area contributed by atoms with Crippen molar-refractivity contribution in [2.45, 2.75) is 31.2 Å². The summed E-state index contributed by atoms with van der Waals surface area (Å²) in [6.07, 6.45) is 0.945. The zero-order chi connectivity index (χ0) is 24.5. The highest BCUT2D eigenvalue weighted by Crippen LogP contribution is 2.36. The Kier molecular flexibility index (Phi) is 6.86. The van der Waals surface area contributed by atoms with E-state index in [9.17, 15) is 8.42 Å². The first-order chi connectivity index (χ1) is 16.2. The maximum atomic E-state index is 13.4. The molecule has 0 spiro atoms. The molecule has 0 saturated heterocycles. The fourth-order valence-corrected chi connectivity index (χ4v) is 5.76. The molecule has 34 heavy (non-hydrogen) atoms. The monoisotopic (exact) mass is 479 g/mol. The molecular formula is C27H33N3O3S. The van der Waals surface area contributed by atoms with Gasteiger partial charge in [-0.25, -0.2) is 13.1 Å². The number of benzene rings is 3. The van der Waals surface area contributed by atoms with Crippen LogP contribution in [0.5, 0.6) is 5.75 Å². The van der Waals surface area contributed by atoms with Crippen molar-refractivity contribution in [3.8, 4) is 5.75 Å². The van der Waals surface area contributed by atoms with E-state index in [1.54, 1.807) is 12.1 Å². The van der Waals surface area contributed by atoms with Crippen LogP contribution in [-0.2, 0) is 16.4 Å². The summed E-state index contributed by atoms with van der Waals surface area (Å²) in [6.45, 7) is 4.94. The Labute approximate surface area is 203 Å². The van der Waals surface area contributed by atoms with Gasteiger partial charge in [-0.3, -0.25) is 0 Å². The van der Waals surface area contributed by atoms with Gasteiger partial charge in [0.25, 0.3) is 0 Å². The van der Waals surface area contributed by atoms with Crippen molar-refractivity contribution in [3.05, 3.63) is 82.9 Å². The molecule has 0 aliphatic carbocycles. The number of hydrogen-bond donors (Lipinski definition) is 1. The number of sulfonamides is 1. The predicted octanol–water partition coefficient (Wildman–Crippen LogP) is 4.46. The second kappa shape index (κ2) is 9.68. The minimum Gasteiger partial charge on any atom is -0.495 e. The molecule has 180 valence electrons. The van der Waals surface area contributed by atoms with Gasteiger partial charge in [-0.05, 0) is 72.9 Å². The molecule has 1 heterocycles.